The molecular formula is C29H20S. The molecule has 1 aromatic heterocycles. The fraction of sp³-hybridized carbons (Fsp3) is 0.0345. The highest BCUT2D eigenvalue weighted by atomic mass is 32.1. The topological polar surface area (TPSA) is 0 Å². The minimum absolute atomic E-state index is 0.953. The molecule has 0 amide bonds. The van der Waals surface area contributed by atoms with Gasteiger partial charge in [-0.3, -0.25) is 0 Å². The van der Waals surface area contributed by atoms with Crippen molar-refractivity contribution < 1.29 is 0 Å². The molecule has 0 radical (unpaired) electrons. The van der Waals surface area contributed by atoms with Crippen LogP contribution in [0.5, 0.6) is 0 Å². The summed E-state index contributed by atoms with van der Waals surface area (Å²) in [6.07, 6.45) is 0.953. The van der Waals surface area contributed by atoms with Crippen molar-refractivity contribution in [1.29, 1.82) is 0 Å². The molecule has 30 heavy (non-hydrogen) atoms. The van der Waals surface area contributed by atoms with Crippen LogP contribution >= 0.6 is 11.3 Å². The Bertz CT molecular complexity index is 1500. The van der Waals surface area contributed by atoms with Gasteiger partial charge < -0.3 is 0 Å². The predicted molar refractivity (Wildman–Crippen MR) is 132 cm³/mol. The van der Waals surface area contributed by atoms with Crippen molar-refractivity contribution in [2.24, 2.45) is 0 Å². The molecule has 0 aliphatic carbocycles. The Morgan fingerprint density at radius 1 is 0.533 bits per heavy atom. The number of fused-ring (bicyclic) bond motifs is 4. The standard InChI is InChI=1S/C29H20S/c1-2-10-24-21(7-1)8-5-9-23(24)19-20-15-17-22(18-16-20)25-12-6-13-27-26-11-3-4-14-28(26)30-29(25)27/h1-18H,19H2. The smallest absolute Gasteiger partial charge is 0.0433 e. The van der Waals surface area contributed by atoms with Gasteiger partial charge in [0.25, 0.3) is 0 Å². The van der Waals surface area contributed by atoms with Gasteiger partial charge >= 0.3 is 0 Å². The predicted octanol–water partition coefficient (Wildman–Crippen LogP) is 8.47. The molecule has 0 atom stereocenters. The maximum Gasteiger partial charge on any atom is 0.0433 e. The average Bonchev–Trinajstić information content (AvgIpc) is 3.19. The van der Waals surface area contributed by atoms with E-state index in [2.05, 4.69) is 109 Å². The van der Waals surface area contributed by atoms with Gasteiger partial charge in [-0.2, -0.15) is 0 Å². The second-order valence-corrected chi connectivity index (χ2v) is 8.84. The second-order valence-electron chi connectivity index (χ2n) is 7.79. The van der Waals surface area contributed by atoms with Crippen molar-refractivity contribution in [3.63, 3.8) is 0 Å². The molecule has 0 nitrogen and oxygen atoms in total. The van der Waals surface area contributed by atoms with Crippen LogP contribution in [0.1, 0.15) is 11.1 Å². The number of rotatable bonds is 3. The van der Waals surface area contributed by atoms with Crippen LogP contribution in [-0.2, 0) is 6.42 Å². The summed E-state index contributed by atoms with van der Waals surface area (Å²) in [6.45, 7) is 0. The van der Waals surface area contributed by atoms with Gasteiger partial charge in [-0.1, -0.05) is 103 Å². The van der Waals surface area contributed by atoms with Crippen molar-refractivity contribution in [2.75, 3.05) is 0 Å². The van der Waals surface area contributed by atoms with Gasteiger partial charge in [0.1, 0.15) is 0 Å². The monoisotopic (exact) mass is 400 g/mol. The highest BCUT2D eigenvalue weighted by Gasteiger charge is 2.10. The first-order valence-electron chi connectivity index (χ1n) is 10.3. The lowest BCUT2D eigenvalue weighted by Crippen LogP contribution is -1.90. The Labute approximate surface area is 180 Å². The first-order chi connectivity index (χ1) is 14.9. The minimum Gasteiger partial charge on any atom is -0.135 e. The molecular weight excluding hydrogens is 380 g/mol. The van der Waals surface area contributed by atoms with E-state index >= 15 is 0 Å². The van der Waals surface area contributed by atoms with Crippen molar-refractivity contribution >= 4 is 42.3 Å². The Kier molecular flexibility index (Phi) is 4.14. The van der Waals surface area contributed by atoms with Crippen molar-refractivity contribution in [2.45, 2.75) is 6.42 Å². The van der Waals surface area contributed by atoms with E-state index in [1.54, 1.807) is 0 Å². The van der Waals surface area contributed by atoms with Gasteiger partial charge in [0.05, 0.1) is 0 Å². The van der Waals surface area contributed by atoms with Gasteiger partial charge in [0.15, 0.2) is 0 Å². The maximum absolute atomic E-state index is 2.28. The van der Waals surface area contributed by atoms with E-state index in [1.807, 2.05) is 11.3 Å². The van der Waals surface area contributed by atoms with E-state index in [0.717, 1.165) is 6.42 Å². The Balaban J connectivity index is 1.39. The number of hydrogen-bond acceptors (Lipinski definition) is 1. The summed E-state index contributed by atoms with van der Waals surface area (Å²) >= 11 is 1.89. The Hall–Kier alpha value is -3.42. The summed E-state index contributed by atoms with van der Waals surface area (Å²) in [5.41, 5.74) is 5.34. The van der Waals surface area contributed by atoms with Gasteiger partial charge in [-0.15, -0.1) is 11.3 Å². The highest BCUT2D eigenvalue weighted by molar-refractivity contribution is 7.26. The van der Waals surface area contributed by atoms with E-state index in [1.165, 1.54) is 53.2 Å². The minimum atomic E-state index is 0.953. The summed E-state index contributed by atoms with van der Waals surface area (Å²) in [5.74, 6) is 0. The molecule has 6 rings (SSSR count). The van der Waals surface area contributed by atoms with E-state index in [0.29, 0.717) is 0 Å². The van der Waals surface area contributed by atoms with Crippen LogP contribution in [0, 0.1) is 0 Å². The van der Waals surface area contributed by atoms with Crippen molar-refractivity contribution in [1.82, 2.24) is 0 Å². The quantitative estimate of drug-likeness (QED) is 0.279. The first kappa shape index (κ1) is 17.4. The zero-order valence-corrected chi connectivity index (χ0v) is 17.3. The van der Waals surface area contributed by atoms with Crippen LogP contribution in [0.3, 0.4) is 0 Å². The molecule has 0 aliphatic heterocycles. The Morgan fingerprint density at radius 3 is 2.13 bits per heavy atom. The fourth-order valence-electron chi connectivity index (χ4n) is 4.44. The van der Waals surface area contributed by atoms with Crippen molar-refractivity contribution in [3.05, 3.63) is 120 Å². The van der Waals surface area contributed by atoms with Gasteiger partial charge in [0.2, 0.25) is 0 Å². The summed E-state index contributed by atoms with van der Waals surface area (Å²) in [7, 11) is 0. The molecule has 1 heterocycles. The van der Waals surface area contributed by atoms with Crippen LogP contribution in [0.4, 0.5) is 0 Å². The van der Waals surface area contributed by atoms with Crippen LogP contribution in [0.15, 0.2) is 109 Å². The summed E-state index contributed by atoms with van der Waals surface area (Å²) < 4.78 is 2.73. The molecule has 0 aliphatic rings. The maximum atomic E-state index is 2.28. The number of hydrogen-bond donors (Lipinski definition) is 0. The van der Waals surface area contributed by atoms with Gasteiger partial charge in [0, 0.05) is 20.2 Å². The highest BCUT2D eigenvalue weighted by Crippen LogP contribution is 2.39. The third-order valence-corrected chi connectivity index (χ3v) is 7.16. The number of thiophene rings is 1. The Morgan fingerprint density at radius 2 is 1.23 bits per heavy atom. The average molecular weight is 401 g/mol. The van der Waals surface area contributed by atoms with Crippen LogP contribution in [0.25, 0.3) is 42.1 Å². The van der Waals surface area contributed by atoms with Crippen LogP contribution < -0.4 is 0 Å². The molecule has 142 valence electrons. The SMILES string of the molecule is c1ccc2c(Cc3ccc(-c4cccc5c4sc4ccccc45)cc3)cccc2c1. The molecule has 0 saturated heterocycles. The lowest BCUT2D eigenvalue weighted by molar-refractivity contribution is 1.21. The summed E-state index contributed by atoms with van der Waals surface area (Å²) in [4.78, 5) is 0. The molecule has 0 bridgehead atoms. The zero-order chi connectivity index (χ0) is 19.9. The van der Waals surface area contributed by atoms with Crippen LogP contribution in [0.2, 0.25) is 0 Å². The zero-order valence-electron chi connectivity index (χ0n) is 16.5. The van der Waals surface area contributed by atoms with Gasteiger partial charge in [-0.25, -0.2) is 0 Å². The molecule has 0 saturated carbocycles. The lowest BCUT2D eigenvalue weighted by atomic mass is 9.96. The molecule has 0 spiro atoms. The molecule has 6 aromatic rings. The molecule has 0 unspecified atom stereocenters. The second kappa shape index (κ2) is 7.12. The summed E-state index contributed by atoms with van der Waals surface area (Å²) in [5, 5.41) is 5.36. The normalized spacial score (nSPS) is 11.5. The molecule has 0 N–H and O–H groups in total. The number of benzene rings is 5. The molecule has 1 heteroatoms. The summed E-state index contributed by atoms with van der Waals surface area (Å²) in [6, 6.07) is 39.7. The first-order valence-corrected chi connectivity index (χ1v) is 11.1. The van der Waals surface area contributed by atoms with E-state index in [-0.39, 0.29) is 0 Å². The third-order valence-electron chi connectivity index (χ3n) is 5.94. The molecule has 5 aromatic carbocycles. The molecule has 0 fully saturated rings. The lowest BCUT2D eigenvalue weighted by Gasteiger charge is -2.09. The van der Waals surface area contributed by atoms with Crippen molar-refractivity contribution in [3.8, 4) is 11.1 Å². The largest absolute Gasteiger partial charge is 0.135 e. The van der Waals surface area contributed by atoms with E-state index in [9.17, 15) is 0 Å². The third kappa shape index (κ3) is 2.91. The fourth-order valence-corrected chi connectivity index (χ4v) is 5.68. The van der Waals surface area contributed by atoms with E-state index < -0.39 is 0 Å². The van der Waals surface area contributed by atoms with Gasteiger partial charge in [-0.05, 0) is 45.5 Å². The van der Waals surface area contributed by atoms with E-state index in [4.69, 9.17) is 0 Å². The van der Waals surface area contributed by atoms with Crippen LogP contribution in [-0.4, -0.2) is 0 Å².